The predicted octanol–water partition coefficient (Wildman–Crippen LogP) is 3.57. The molecule has 0 amide bonds. The average molecular weight is 414 g/mol. The number of hydrogen-bond donors (Lipinski definition) is 1. The highest BCUT2D eigenvalue weighted by Crippen LogP contribution is 2.19. The molecule has 2 rings (SSSR count). The minimum absolute atomic E-state index is 0.317. The lowest BCUT2D eigenvalue weighted by atomic mass is 10.2. The van der Waals surface area contributed by atoms with E-state index in [9.17, 15) is 13.2 Å². The third-order valence-electron chi connectivity index (χ3n) is 3.77. The fraction of sp³-hybridized carbons (Fsp3) is 0.389. The van der Waals surface area contributed by atoms with E-state index >= 15 is 0 Å². The first-order valence-corrected chi connectivity index (χ1v) is 12.1. The topological polar surface area (TPSA) is 74.7 Å². The van der Waals surface area contributed by atoms with Crippen molar-refractivity contribution in [3.05, 3.63) is 57.8 Å². The molecule has 0 unspecified atom stereocenters. The standard InChI is InChI=1S/C18H23NO4S3/c1-26(22,23)19(12-13-24-14-15-6-3-2-4-7-15)11-5-8-16-9-10-17(25-16)18(20)21/h2-4,6-7,9-10H,5,8,11-14H2,1H3,(H,20,21). The SMILES string of the molecule is CS(=O)(=O)N(CCCc1ccc(C(=O)O)s1)CCSCc1ccccc1. The monoisotopic (exact) mass is 413 g/mol. The first kappa shape index (κ1) is 21.0. The van der Waals surface area contributed by atoms with Gasteiger partial charge in [0.2, 0.25) is 10.0 Å². The van der Waals surface area contributed by atoms with Crippen LogP contribution in [0.1, 0.15) is 26.5 Å². The molecule has 1 heterocycles. The van der Waals surface area contributed by atoms with Gasteiger partial charge < -0.3 is 5.11 Å². The Kier molecular flexibility index (Phi) is 8.15. The number of aryl methyl sites for hydroxylation is 1. The number of carbonyl (C=O) groups is 1. The summed E-state index contributed by atoms with van der Waals surface area (Å²) in [6.45, 7) is 0.937. The molecule has 5 nitrogen and oxygen atoms in total. The summed E-state index contributed by atoms with van der Waals surface area (Å²) in [5, 5.41) is 8.94. The lowest BCUT2D eigenvalue weighted by molar-refractivity contribution is 0.0702. The Labute approximate surface area is 163 Å². The zero-order valence-electron chi connectivity index (χ0n) is 14.6. The smallest absolute Gasteiger partial charge is 0.345 e. The number of aromatic carboxylic acids is 1. The molecule has 26 heavy (non-hydrogen) atoms. The van der Waals surface area contributed by atoms with Gasteiger partial charge in [-0.25, -0.2) is 17.5 Å². The second-order valence-corrected chi connectivity index (χ2v) is 10.1. The third-order valence-corrected chi connectivity index (χ3v) is 7.21. The number of rotatable bonds is 11. The fourth-order valence-corrected chi connectivity index (χ4v) is 5.24. The summed E-state index contributed by atoms with van der Waals surface area (Å²) in [5.74, 6) is 0.685. The number of sulfonamides is 1. The van der Waals surface area contributed by atoms with Crippen LogP contribution in [0.5, 0.6) is 0 Å². The number of nitrogens with zero attached hydrogens (tertiary/aromatic N) is 1. The van der Waals surface area contributed by atoms with E-state index in [1.54, 1.807) is 23.9 Å². The lowest BCUT2D eigenvalue weighted by Crippen LogP contribution is -2.33. The summed E-state index contributed by atoms with van der Waals surface area (Å²) < 4.78 is 25.5. The largest absolute Gasteiger partial charge is 0.477 e. The molecule has 0 atom stereocenters. The van der Waals surface area contributed by atoms with Crippen molar-refractivity contribution in [2.75, 3.05) is 25.1 Å². The van der Waals surface area contributed by atoms with Crippen molar-refractivity contribution < 1.29 is 18.3 Å². The summed E-state index contributed by atoms with van der Waals surface area (Å²) in [4.78, 5) is 12.2. The highest BCUT2D eigenvalue weighted by Gasteiger charge is 2.16. The molecule has 0 bridgehead atoms. The Hall–Kier alpha value is -1.35. The number of carboxylic acids is 1. The van der Waals surface area contributed by atoms with Crippen molar-refractivity contribution in [3.8, 4) is 0 Å². The molecule has 0 fully saturated rings. The Morgan fingerprint density at radius 2 is 1.88 bits per heavy atom. The van der Waals surface area contributed by atoms with Crippen molar-refractivity contribution in [2.24, 2.45) is 0 Å². The molecule has 1 N–H and O–H groups in total. The number of carboxylic acid groups (broad SMARTS) is 1. The Bertz CT molecular complexity index is 803. The van der Waals surface area contributed by atoms with E-state index in [2.05, 4.69) is 12.1 Å². The van der Waals surface area contributed by atoms with Gasteiger partial charge in [-0.3, -0.25) is 0 Å². The van der Waals surface area contributed by atoms with E-state index in [1.807, 2.05) is 18.2 Å². The molecule has 0 spiro atoms. The molecule has 0 aliphatic carbocycles. The second kappa shape index (κ2) is 10.1. The van der Waals surface area contributed by atoms with Gasteiger partial charge in [-0.05, 0) is 30.5 Å². The van der Waals surface area contributed by atoms with Crippen LogP contribution in [0.15, 0.2) is 42.5 Å². The summed E-state index contributed by atoms with van der Waals surface area (Å²) in [5.41, 5.74) is 1.23. The second-order valence-electron chi connectivity index (χ2n) is 5.87. The lowest BCUT2D eigenvalue weighted by Gasteiger charge is -2.19. The van der Waals surface area contributed by atoms with Crippen molar-refractivity contribution in [1.29, 1.82) is 0 Å². The van der Waals surface area contributed by atoms with Crippen molar-refractivity contribution in [2.45, 2.75) is 18.6 Å². The maximum absolute atomic E-state index is 12.0. The van der Waals surface area contributed by atoms with Crippen LogP contribution in [0.25, 0.3) is 0 Å². The van der Waals surface area contributed by atoms with E-state index in [4.69, 9.17) is 5.11 Å². The Balaban J connectivity index is 1.76. The molecule has 1 aromatic heterocycles. The maximum atomic E-state index is 12.0. The molecule has 8 heteroatoms. The maximum Gasteiger partial charge on any atom is 0.345 e. The average Bonchev–Trinajstić information content (AvgIpc) is 3.06. The molecule has 0 aliphatic rings. The van der Waals surface area contributed by atoms with Crippen LogP contribution in [-0.4, -0.2) is 48.9 Å². The number of thiophene rings is 1. The van der Waals surface area contributed by atoms with Crippen molar-refractivity contribution >= 4 is 39.1 Å². The number of benzene rings is 1. The van der Waals surface area contributed by atoms with Gasteiger partial charge in [0.25, 0.3) is 0 Å². The van der Waals surface area contributed by atoms with Crippen molar-refractivity contribution in [3.63, 3.8) is 0 Å². The van der Waals surface area contributed by atoms with Gasteiger partial charge in [0, 0.05) is 29.5 Å². The summed E-state index contributed by atoms with van der Waals surface area (Å²) in [6.07, 6.45) is 2.60. The normalized spacial score (nSPS) is 11.8. The van der Waals surface area contributed by atoms with Crippen LogP contribution in [0, 0.1) is 0 Å². The van der Waals surface area contributed by atoms with E-state index < -0.39 is 16.0 Å². The molecule has 142 valence electrons. The third kappa shape index (κ3) is 7.11. The summed E-state index contributed by atoms with van der Waals surface area (Å²) in [6, 6.07) is 13.5. The highest BCUT2D eigenvalue weighted by atomic mass is 32.2. The van der Waals surface area contributed by atoms with Crippen LogP contribution >= 0.6 is 23.1 Å². The van der Waals surface area contributed by atoms with Gasteiger partial charge in [-0.2, -0.15) is 11.8 Å². The summed E-state index contributed by atoms with van der Waals surface area (Å²) >= 11 is 2.97. The van der Waals surface area contributed by atoms with E-state index in [0.29, 0.717) is 30.8 Å². The first-order valence-electron chi connectivity index (χ1n) is 8.25. The number of hydrogen-bond acceptors (Lipinski definition) is 5. The van der Waals surface area contributed by atoms with Gasteiger partial charge in [-0.1, -0.05) is 30.3 Å². The van der Waals surface area contributed by atoms with Gasteiger partial charge in [0.15, 0.2) is 0 Å². The highest BCUT2D eigenvalue weighted by molar-refractivity contribution is 7.98. The van der Waals surface area contributed by atoms with Crippen LogP contribution < -0.4 is 0 Å². The number of thioether (sulfide) groups is 1. The first-order chi connectivity index (χ1) is 12.4. The zero-order valence-corrected chi connectivity index (χ0v) is 17.1. The predicted molar refractivity (Wildman–Crippen MR) is 109 cm³/mol. The molecular formula is C18H23NO4S3. The van der Waals surface area contributed by atoms with E-state index in [1.165, 1.54) is 27.5 Å². The Morgan fingerprint density at radius 1 is 1.15 bits per heavy atom. The molecule has 2 aromatic rings. The van der Waals surface area contributed by atoms with Crippen LogP contribution in [-0.2, 0) is 22.2 Å². The van der Waals surface area contributed by atoms with Gasteiger partial charge in [-0.15, -0.1) is 11.3 Å². The molecule has 1 aromatic carbocycles. The van der Waals surface area contributed by atoms with E-state index in [-0.39, 0.29) is 0 Å². The summed E-state index contributed by atoms with van der Waals surface area (Å²) in [7, 11) is -3.24. The minimum atomic E-state index is -3.24. The molecular weight excluding hydrogens is 390 g/mol. The molecule has 0 saturated heterocycles. The molecule has 0 radical (unpaired) electrons. The molecule has 0 saturated carbocycles. The van der Waals surface area contributed by atoms with Gasteiger partial charge in [0.1, 0.15) is 4.88 Å². The van der Waals surface area contributed by atoms with Gasteiger partial charge in [0.05, 0.1) is 6.26 Å². The van der Waals surface area contributed by atoms with Crippen LogP contribution in [0.2, 0.25) is 0 Å². The van der Waals surface area contributed by atoms with Crippen molar-refractivity contribution in [1.82, 2.24) is 4.31 Å². The Morgan fingerprint density at radius 3 is 2.50 bits per heavy atom. The molecule has 0 aliphatic heterocycles. The minimum Gasteiger partial charge on any atom is -0.477 e. The van der Waals surface area contributed by atoms with Gasteiger partial charge >= 0.3 is 5.97 Å². The van der Waals surface area contributed by atoms with Crippen LogP contribution in [0.3, 0.4) is 0 Å². The zero-order chi connectivity index (χ0) is 19.0. The van der Waals surface area contributed by atoms with Crippen LogP contribution in [0.4, 0.5) is 0 Å². The quantitative estimate of drug-likeness (QED) is 0.570. The van der Waals surface area contributed by atoms with E-state index in [0.717, 1.165) is 16.4 Å². The fourth-order valence-electron chi connectivity index (χ4n) is 2.43.